The van der Waals surface area contributed by atoms with Crippen molar-refractivity contribution in [2.24, 2.45) is 0 Å². The Morgan fingerprint density at radius 3 is 1.38 bits per heavy atom. The molecular weight excluding hydrogens is 724 g/mol. The van der Waals surface area contributed by atoms with Gasteiger partial charge in [0.25, 0.3) is 0 Å². The van der Waals surface area contributed by atoms with E-state index in [4.69, 9.17) is 14.2 Å². The SMILES string of the molecule is C=Cc1ccc(COc2ccc3c(c2)Oc2cc(OCc4ccc(C=C)cc4)ccc2C32c3cc(Br)ccc3-c3ccc(Br)cc32)cc1. The van der Waals surface area contributed by atoms with Crippen LogP contribution in [0.1, 0.15) is 44.5 Å². The summed E-state index contributed by atoms with van der Waals surface area (Å²) in [6, 6.07) is 42.0. The summed E-state index contributed by atoms with van der Waals surface area (Å²) in [6.45, 7) is 8.59. The molecule has 2 aliphatic rings. The molecule has 1 spiro atoms. The zero-order chi connectivity index (χ0) is 32.8. The van der Waals surface area contributed by atoms with Crippen LogP contribution in [0.15, 0.2) is 143 Å². The van der Waals surface area contributed by atoms with Crippen LogP contribution in [0.3, 0.4) is 0 Å². The van der Waals surface area contributed by atoms with Crippen LogP contribution in [0.2, 0.25) is 0 Å². The minimum absolute atomic E-state index is 0.440. The number of benzene rings is 6. The normalized spacial score (nSPS) is 13.0. The third kappa shape index (κ3) is 5.18. The molecule has 0 radical (unpaired) electrons. The monoisotopic (exact) mass is 752 g/mol. The zero-order valence-corrected chi connectivity index (χ0v) is 29.2. The predicted molar refractivity (Wildman–Crippen MR) is 201 cm³/mol. The summed E-state index contributed by atoms with van der Waals surface area (Å²) >= 11 is 7.58. The van der Waals surface area contributed by atoms with Crippen LogP contribution in [0.4, 0.5) is 0 Å². The second-order valence-electron chi connectivity index (χ2n) is 12.0. The summed E-state index contributed by atoms with van der Waals surface area (Å²) in [5.74, 6) is 2.96. The molecule has 0 unspecified atom stereocenters. The van der Waals surface area contributed by atoms with Gasteiger partial charge in [-0.15, -0.1) is 0 Å². The lowest BCUT2D eigenvalue weighted by molar-refractivity contribution is 0.301. The van der Waals surface area contributed by atoms with Crippen LogP contribution in [0.5, 0.6) is 23.0 Å². The molecule has 0 aromatic heterocycles. The second kappa shape index (κ2) is 12.3. The molecule has 5 heteroatoms. The molecule has 48 heavy (non-hydrogen) atoms. The van der Waals surface area contributed by atoms with Crippen LogP contribution in [0, 0.1) is 0 Å². The number of rotatable bonds is 8. The molecule has 0 saturated carbocycles. The fourth-order valence-corrected chi connectivity index (χ4v) is 7.64. The Labute approximate surface area is 297 Å². The van der Waals surface area contributed by atoms with Crippen LogP contribution < -0.4 is 14.2 Å². The molecule has 1 aliphatic carbocycles. The molecule has 0 fully saturated rings. The molecule has 1 heterocycles. The molecule has 3 nitrogen and oxygen atoms in total. The third-order valence-corrected chi connectivity index (χ3v) is 10.2. The highest BCUT2D eigenvalue weighted by Crippen LogP contribution is 2.63. The van der Waals surface area contributed by atoms with Gasteiger partial charge in [0, 0.05) is 32.2 Å². The molecule has 234 valence electrons. The number of fused-ring (bicyclic) bond motifs is 9. The van der Waals surface area contributed by atoms with Crippen molar-refractivity contribution in [3.05, 3.63) is 188 Å². The highest BCUT2D eigenvalue weighted by Gasteiger charge is 2.51. The first kappa shape index (κ1) is 30.5. The van der Waals surface area contributed by atoms with Gasteiger partial charge >= 0.3 is 0 Å². The summed E-state index contributed by atoms with van der Waals surface area (Å²) in [4.78, 5) is 0. The van der Waals surface area contributed by atoms with E-state index >= 15 is 0 Å². The molecule has 8 rings (SSSR count). The lowest BCUT2D eigenvalue weighted by Crippen LogP contribution is -2.32. The number of hydrogen-bond donors (Lipinski definition) is 0. The predicted octanol–water partition coefficient (Wildman–Crippen LogP) is 12.1. The number of halogens is 2. The molecular formula is C43H30Br2O3. The van der Waals surface area contributed by atoms with Crippen LogP contribution in [0.25, 0.3) is 23.3 Å². The molecule has 1 aliphatic heterocycles. The first-order valence-corrected chi connectivity index (χ1v) is 17.3. The fourth-order valence-electron chi connectivity index (χ4n) is 6.92. The Kier molecular flexibility index (Phi) is 7.82. The van der Waals surface area contributed by atoms with Crippen molar-refractivity contribution in [3.63, 3.8) is 0 Å². The highest BCUT2D eigenvalue weighted by atomic mass is 79.9. The Bertz CT molecular complexity index is 2060. The summed E-state index contributed by atoms with van der Waals surface area (Å²) in [5, 5.41) is 0. The Hall–Kier alpha value is -4.84. The molecule has 6 aromatic rings. The maximum Gasteiger partial charge on any atom is 0.135 e. The van der Waals surface area contributed by atoms with Gasteiger partial charge in [-0.3, -0.25) is 0 Å². The molecule has 0 N–H and O–H groups in total. The lowest BCUT2D eigenvalue weighted by atomic mass is 9.66. The Balaban J connectivity index is 1.24. The van der Waals surface area contributed by atoms with E-state index < -0.39 is 5.41 Å². The maximum atomic E-state index is 6.80. The van der Waals surface area contributed by atoms with Gasteiger partial charge in [0.05, 0.1) is 5.41 Å². The minimum atomic E-state index is -0.626. The summed E-state index contributed by atoms with van der Waals surface area (Å²) < 4.78 is 21.5. The van der Waals surface area contributed by atoms with Crippen molar-refractivity contribution in [1.29, 1.82) is 0 Å². The van der Waals surface area contributed by atoms with Gasteiger partial charge in [-0.1, -0.05) is 130 Å². The van der Waals surface area contributed by atoms with Gasteiger partial charge in [-0.05, 0) is 80.9 Å². The quantitative estimate of drug-likeness (QED) is 0.155. The molecule has 6 aromatic carbocycles. The van der Waals surface area contributed by atoms with Crippen molar-refractivity contribution in [2.45, 2.75) is 18.6 Å². The minimum Gasteiger partial charge on any atom is -0.489 e. The van der Waals surface area contributed by atoms with E-state index in [-0.39, 0.29) is 0 Å². The zero-order valence-electron chi connectivity index (χ0n) is 26.0. The van der Waals surface area contributed by atoms with Crippen molar-refractivity contribution in [1.82, 2.24) is 0 Å². The largest absolute Gasteiger partial charge is 0.489 e. The maximum absolute atomic E-state index is 6.80. The summed E-state index contributed by atoms with van der Waals surface area (Å²) in [7, 11) is 0. The van der Waals surface area contributed by atoms with E-state index in [9.17, 15) is 0 Å². The third-order valence-electron chi connectivity index (χ3n) is 9.24. The average Bonchev–Trinajstić information content (AvgIpc) is 3.38. The van der Waals surface area contributed by atoms with Crippen LogP contribution in [-0.2, 0) is 18.6 Å². The Morgan fingerprint density at radius 2 is 0.958 bits per heavy atom. The van der Waals surface area contributed by atoms with Gasteiger partial charge in [0.1, 0.15) is 36.2 Å². The first-order valence-electron chi connectivity index (χ1n) is 15.7. The molecule has 0 saturated heterocycles. The van der Waals surface area contributed by atoms with E-state index in [0.29, 0.717) is 13.2 Å². The average molecular weight is 755 g/mol. The Morgan fingerprint density at radius 1 is 0.521 bits per heavy atom. The van der Waals surface area contributed by atoms with Crippen molar-refractivity contribution in [2.75, 3.05) is 0 Å². The van der Waals surface area contributed by atoms with Crippen LogP contribution in [-0.4, -0.2) is 0 Å². The lowest BCUT2D eigenvalue weighted by Gasteiger charge is -2.39. The van der Waals surface area contributed by atoms with Gasteiger partial charge in [-0.25, -0.2) is 0 Å². The first-order chi connectivity index (χ1) is 23.5. The number of hydrogen-bond acceptors (Lipinski definition) is 3. The van der Waals surface area contributed by atoms with Gasteiger partial charge in [0.2, 0.25) is 0 Å². The van der Waals surface area contributed by atoms with E-state index in [1.807, 2.05) is 48.6 Å². The second-order valence-corrected chi connectivity index (χ2v) is 13.8. The van der Waals surface area contributed by atoms with E-state index in [1.165, 1.54) is 22.3 Å². The van der Waals surface area contributed by atoms with Crippen LogP contribution >= 0.6 is 31.9 Å². The van der Waals surface area contributed by atoms with E-state index in [0.717, 1.165) is 65.3 Å². The summed E-state index contributed by atoms with van der Waals surface area (Å²) in [6.07, 6.45) is 3.68. The van der Waals surface area contributed by atoms with Crippen molar-refractivity contribution in [3.8, 4) is 34.1 Å². The van der Waals surface area contributed by atoms with Gasteiger partial charge in [-0.2, -0.15) is 0 Å². The van der Waals surface area contributed by atoms with Gasteiger partial charge < -0.3 is 14.2 Å². The molecule has 0 amide bonds. The standard InChI is InChI=1S/C43H30Br2O3/c1-3-27-5-9-29(10-6-27)25-46-33-15-19-37-41(23-33)48-42-24-34(47-26-30-11-7-28(4-2)8-12-30)16-20-38(42)43(37)39-21-31(44)13-17-35(39)36-18-14-32(45)22-40(36)43/h3-24H,1-2,25-26H2. The molecule has 0 bridgehead atoms. The summed E-state index contributed by atoms with van der Waals surface area (Å²) in [5.41, 5.74) is 10.6. The number of ether oxygens (including phenoxy) is 3. The van der Waals surface area contributed by atoms with E-state index in [1.54, 1.807) is 0 Å². The smallest absolute Gasteiger partial charge is 0.135 e. The van der Waals surface area contributed by atoms with Crippen molar-refractivity contribution < 1.29 is 14.2 Å². The van der Waals surface area contributed by atoms with Crippen molar-refractivity contribution >= 4 is 44.0 Å². The molecule has 0 atom stereocenters. The van der Waals surface area contributed by atoms with Gasteiger partial charge in [0.15, 0.2) is 0 Å². The topological polar surface area (TPSA) is 27.7 Å². The van der Waals surface area contributed by atoms with E-state index in [2.05, 4.69) is 130 Å². The fraction of sp³-hybridized carbons (Fsp3) is 0.0698. The highest BCUT2D eigenvalue weighted by molar-refractivity contribution is 9.10.